The average molecular weight is 347 g/mol. The minimum absolute atomic E-state index is 0.258. The van der Waals surface area contributed by atoms with Crippen LogP contribution in [0.2, 0.25) is 0 Å². The molecule has 1 saturated carbocycles. The van der Waals surface area contributed by atoms with Crippen LogP contribution in [0.3, 0.4) is 0 Å². The van der Waals surface area contributed by atoms with Crippen LogP contribution in [0.25, 0.3) is 22.6 Å². The maximum Gasteiger partial charge on any atom is 0.172 e. The molecule has 6 nitrogen and oxygen atoms in total. The van der Waals surface area contributed by atoms with E-state index in [1.165, 1.54) is 6.33 Å². The Kier molecular flexibility index (Phi) is 4.24. The lowest BCUT2D eigenvalue weighted by Gasteiger charge is -2.07. The number of carbonyl (C=O) groups excluding carboxylic acids is 1. The Bertz CT molecular complexity index is 951. The van der Waals surface area contributed by atoms with Crippen LogP contribution in [0, 0.1) is 12.8 Å². The molecule has 6 heteroatoms. The van der Waals surface area contributed by atoms with Gasteiger partial charge >= 0.3 is 0 Å². The predicted molar refractivity (Wildman–Crippen MR) is 99.4 cm³/mol. The summed E-state index contributed by atoms with van der Waals surface area (Å²) in [5, 5.41) is 6.86. The van der Waals surface area contributed by atoms with Crippen LogP contribution in [0.4, 0.5) is 0 Å². The van der Waals surface area contributed by atoms with Crippen LogP contribution in [0.1, 0.15) is 24.1 Å². The standard InChI is InChI=1S/C20H21N5O/c1-3-6-25-11-15(7-18(25)20-22-12-23-24-20)17-8-16(21-10-13(17)2)9-19(26)14-4-5-14/h3,7-8,10-12,14H,1,4-6,9H2,2H3,(H,22,23,24). The van der Waals surface area contributed by atoms with Crippen LogP contribution in [-0.4, -0.2) is 30.5 Å². The van der Waals surface area contributed by atoms with Crippen molar-refractivity contribution in [1.29, 1.82) is 0 Å². The van der Waals surface area contributed by atoms with Gasteiger partial charge in [-0.3, -0.25) is 14.9 Å². The number of aromatic amines is 1. The Morgan fingerprint density at radius 1 is 1.38 bits per heavy atom. The van der Waals surface area contributed by atoms with E-state index in [1.807, 2.05) is 25.3 Å². The Labute approximate surface area is 152 Å². The molecule has 1 aliphatic rings. The highest BCUT2D eigenvalue weighted by molar-refractivity contribution is 5.85. The number of rotatable bonds is 7. The largest absolute Gasteiger partial charge is 0.340 e. The van der Waals surface area contributed by atoms with E-state index in [0.717, 1.165) is 40.9 Å². The minimum Gasteiger partial charge on any atom is -0.340 e. The molecule has 0 atom stereocenters. The van der Waals surface area contributed by atoms with Crippen molar-refractivity contribution < 1.29 is 4.79 Å². The second-order valence-electron chi connectivity index (χ2n) is 6.80. The van der Waals surface area contributed by atoms with Crippen LogP contribution in [-0.2, 0) is 17.8 Å². The lowest BCUT2D eigenvalue weighted by molar-refractivity contribution is -0.119. The fourth-order valence-electron chi connectivity index (χ4n) is 3.18. The number of hydrogen-bond donors (Lipinski definition) is 1. The van der Waals surface area contributed by atoms with Gasteiger partial charge in [-0.2, -0.15) is 5.10 Å². The zero-order valence-corrected chi connectivity index (χ0v) is 14.8. The SMILES string of the molecule is C=CCn1cc(-c2cc(CC(=O)C3CC3)ncc2C)cc1-c1ncn[nH]1. The van der Waals surface area contributed by atoms with E-state index in [4.69, 9.17) is 0 Å². The van der Waals surface area contributed by atoms with Crippen molar-refractivity contribution in [2.24, 2.45) is 5.92 Å². The normalized spacial score (nSPS) is 13.7. The summed E-state index contributed by atoms with van der Waals surface area (Å²) >= 11 is 0. The first-order valence-corrected chi connectivity index (χ1v) is 8.81. The van der Waals surface area contributed by atoms with Gasteiger partial charge < -0.3 is 4.57 Å². The number of aromatic nitrogens is 5. The van der Waals surface area contributed by atoms with Gasteiger partial charge in [0.2, 0.25) is 0 Å². The summed E-state index contributed by atoms with van der Waals surface area (Å²) < 4.78 is 2.08. The molecule has 0 bridgehead atoms. The van der Waals surface area contributed by atoms with Gasteiger partial charge in [-0.1, -0.05) is 6.08 Å². The van der Waals surface area contributed by atoms with Crippen molar-refractivity contribution in [3.8, 4) is 22.6 Å². The molecule has 4 rings (SSSR count). The minimum atomic E-state index is 0.258. The average Bonchev–Trinajstić information content (AvgIpc) is 3.19. The second kappa shape index (κ2) is 6.71. The van der Waals surface area contributed by atoms with Gasteiger partial charge in [0.05, 0.1) is 5.69 Å². The molecule has 1 fully saturated rings. The van der Waals surface area contributed by atoms with E-state index in [2.05, 4.69) is 43.6 Å². The molecule has 3 aromatic rings. The Hall–Kier alpha value is -3.02. The van der Waals surface area contributed by atoms with Gasteiger partial charge in [0.25, 0.3) is 0 Å². The van der Waals surface area contributed by atoms with Gasteiger partial charge in [-0.25, -0.2) is 4.98 Å². The predicted octanol–water partition coefficient (Wildman–Crippen LogP) is 3.35. The number of ketones is 1. The van der Waals surface area contributed by atoms with Crippen molar-refractivity contribution in [3.05, 3.63) is 54.8 Å². The zero-order chi connectivity index (χ0) is 18.1. The molecule has 1 aliphatic carbocycles. The van der Waals surface area contributed by atoms with Crippen molar-refractivity contribution in [1.82, 2.24) is 24.7 Å². The molecule has 0 saturated heterocycles. The van der Waals surface area contributed by atoms with E-state index in [0.29, 0.717) is 24.6 Å². The maximum absolute atomic E-state index is 12.1. The molecule has 0 amide bonds. The molecule has 0 unspecified atom stereocenters. The molecule has 0 radical (unpaired) electrons. The number of allylic oxidation sites excluding steroid dienone is 1. The summed E-state index contributed by atoms with van der Waals surface area (Å²) in [5.41, 5.74) is 5.01. The summed E-state index contributed by atoms with van der Waals surface area (Å²) in [6, 6.07) is 4.12. The summed E-state index contributed by atoms with van der Waals surface area (Å²) in [7, 11) is 0. The Morgan fingerprint density at radius 3 is 2.92 bits per heavy atom. The van der Waals surface area contributed by atoms with E-state index in [1.54, 1.807) is 0 Å². The fourth-order valence-corrected chi connectivity index (χ4v) is 3.18. The van der Waals surface area contributed by atoms with Gasteiger partial charge in [0.15, 0.2) is 5.82 Å². The highest BCUT2D eigenvalue weighted by Crippen LogP contribution is 2.32. The smallest absolute Gasteiger partial charge is 0.172 e. The number of pyridine rings is 1. The maximum atomic E-state index is 12.1. The summed E-state index contributed by atoms with van der Waals surface area (Å²) in [6.07, 6.45) is 9.76. The van der Waals surface area contributed by atoms with Crippen LogP contribution in [0.5, 0.6) is 0 Å². The first-order chi connectivity index (χ1) is 12.7. The van der Waals surface area contributed by atoms with Crippen molar-refractivity contribution in [2.75, 3.05) is 0 Å². The fraction of sp³-hybridized carbons (Fsp3) is 0.300. The lowest BCUT2D eigenvalue weighted by Crippen LogP contribution is -2.06. The summed E-state index contributed by atoms with van der Waals surface area (Å²) in [5.74, 6) is 1.28. The lowest BCUT2D eigenvalue weighted by atomic mass is 10.0. The molecule has 1 N–H and O–H groups in total. The monoisotopic (exact) mass is 347 g/mol. The number of nitrogens with zero attached hydrogens (tertiary/aromatic N) is 4. The molecular formula is C20H21N5O. The van der Waals surface area contributed by atoms with E-state index in [-0.39, 0.29) is 5.92 Å². The molecular weight excluding hydrogens is 326 g/mol. The van der Waals surface area contributed by atoms with E-state index in [9.17, 15) is 4.79 Å². The first-order valence-electron chi connectivity index (χ1n) is 8.81. The molecule has 132 valence electrons. The number of aryl methyl sites for hydroxylation is 1. The molecule has 26 heavy (non-hydrogen) atoms. The number of carbonyl (C=O) groups is 1. The Balaban J connectivity index is 1.71. The molecule has 0 aromatic carbocycles. The number of H-pyrrole nitrogens is 1. The topological polar surface area (TPSA) is 76.5 Å². The third kappa shape index (κ3) is 3.22. The van der Waals surface area contributed by atoms with E-state index < -0.39 is 0 Å². The van der Waals surface area contributed by atoms with Gasteiger partial charge in [-0.05, 0) is 43.0 Å². The Morgan fingerprint density at radius 2 is 2.23 bits per heavy atom. The first kappa shape index (κ1) is 16.4. The van der Waals surface area contributed by atoms with Crippen LogP contribution in [0.15, 0.2) is 43.5 Å². The van der Waals surface area contributed by atoms with Crippen molar-refractivity contribution in [3.63, 3.8) is 0 Å². The summed E-state index contributed by atoms with van der Waals surface area (Å²) in [4.78, 5) is 20.9. The van der Waals surface area contributed by atoms with Crippen LogP contribution >= 0.6 is 0 Å². The third-order valence-electron chi connectivity index (χ3n) is 4.74. The quantitative estimate of drug-likeness (QED) is 0.665. The molecule has 3 heterocycles. The zero-order valence-electron chi connectivity index (χ0n) is 14.8. The van der Waals surface area contributed by atoms with Crippen molar-refractivity contribution in [2.45, 2.75) is 32.7 Å². The van der Waals surface area contributed by atoms with E-state index >= 15 is 0 Å². The molecule has 0 spiro atoms. The number of Topliss-reactive ketones (excluding diaryl/α,β-unsaturated/α-hetero) is 1. The second-order valence-corrected chi connectivity index (χ2v) is 6.80. The third-order valence-corrected chi connectivity index (χ3v) is 4.74. The highest BCUT2D eigenvalue weighted by atomic mass is 16.1. The van der Waals surface area contributed by atoms with Gasteiger partial charge in [0.1, 0.15) is 12.1 Å². The molecule has 0 aliphatic heterocycles. The number of hydrogen-bond acceptors (Lipinski definition) is 4. The number of nitrogens with one attached hydrogen (secondary N) is 1. The van der Waals surface area contributed by atoms with Crippen molar-refractivity contribution >= 4 is 5.78 Å². The van der Waals surface area contributed by atoms with Gasteiger partial charge in [0, 0.05) is 42.5 Å². The highest BCUT2D eigenvalue weighted by Gasteiger charge is 2.29. The molecule has 3 aromatic heterocycles. The van der Waals surface area contributed by atoms with Crippen LogP contribution < -0.4 is 0 Å². The van der Waals surface area contributed by atoms with Gasteiger partial charge in [-0.15, -0.1) is 6.58 Å². The summed E-state index contributed by atoms with van der Waals surface area (Å²) in [6.45, 7) is 6.54.